The molecule has 0 saturated heterocycles. The molecule has 0 fully saturated rings. The predicted molar refractivity (Wildman–Crippen MR) is 119 cm³/mol. The van der Waals surface area contributed by atoms with Gasteiger partial charge in [0.2, 0.25) is 0 Å². The van der Waals surface area contributed by atoms with E-state index in [0.717, 1.165) is 61.3 Å². The second-order valence-electron chi connectivity index (χ2n) is 6.74. The third-order valence-electron chi connectivity index (χ3n) is 4.71. The van der Waals surface area contributed by atoms with Crippen LogP contribution in [0.2, 0.25) is 0 Å². The van der Waals surface area contributed by atoms with Gasteiger partial charge in [-0.05, 0) is 49.6 Å². The van der Waals surface area contributed by atoms with Crippen LogP contribution in [0.5, 0.6) is 11.5 Å². The summed E-state index contributed by atoms with van der Waals surface area (Å²) in [5.41, 5.74) is 2.09. The molecular weight excluding hydrogens is 380 g/mol. The van der Waals surface area contributed by atoms with E-state index < -0.39 is 0 Å². The number of ether oxygens (including phenoxy) is 2. The summed E-state index contributed by atoms with van der Waals surface area (Å²) in [5.74, 6) is 3.28. The van der Waals surface area contributed by atoms with E-state index in [1.165, 1.54) is 5.56 Å². The van der Waals surface area contributed by atoms with Gasteiger partial charge in [0.25, 0.3) is 0 Å². The molecule has 1 aromatic carbocycles. The highest BCUT2D eigenvalue weighted by molar-refractivity contribution is 5.79. The molecule has 0 aliphatic rings. The summed E-state index contributed by atoms with van der Waals surface area (Å²) in [6.45, 7) is 4.14. The van der Waals surface area contributed by atoms with Crippen LogP contribution in [0.3, 0.4) is 0 Å². The van der Waals surface area contributed by atoms with Gasteiger partial charge in [0.15, 0.2) is 23.1 Å². The van der Waals surface area contributed by atoms with E-state index in [4.69, 9.17) is 9.47 Å². The van der Waals surface area contributed by atoms with Crippen LogP contribution >= 0.6 is 0 Å². The maximum Gasteiger partial charge on any atom is 0.190 e. The first kappa shape index (κ1) is 21.4. The smallest absolute Gasteiger partial charge is 0.190 e. The molecule has 0 saturated carbocycles. The molecule has 160 valence electrons. The van der Waals surface area contributed by atoms with E-state index in [2.05, 4.69) is 38.0 Å². The van der Waals surface area contributed by atoms with E-state index in [0.29, 0.717) is 6.61 Å². The molecule has 0 aliphatic carbocycles. The lowest BCUT2D eigenvalue weighted by atomic mass is 10.1. The molecule has 0 radical (unpaired) electrons. The lowest BCUT2D eigenvalue weighted by Gasteiger charge is -2.13. The minimum Gasteiger partial charge on any atom is -0.493 e. The van der Waals surface area contributed by atoms with Crippen molar-refractivity contribution >= 4 is 11.6 Å². The van der Waals surface area contributed by atoms with Gasteiger partial charge in [-0.15, -0.1) is 10.2 Å². The zero-order chi connectivity index (χ0) is 21.2. The van der Waals surface area contributed by atoms with Crippen LogP contribution in [0.15, 0.2) is 47.6 Å². The molecule has 0 bridgehead atoms. The molecule has 0 aliphatic heterocycles. The highest BCUT2D eigenvalue weighted by Gasteiger charge is 2.07. The number of aryl methyl sites for hydroxylation is 1. The quantitative estimate of drug-likeness (QED) is 0.303. The van der Waals surface area contributed by atoms with Crippen molar-refractivity contribution in [2.24, 2.45) is 4.99 Å². The number of aromatic nitrogens is 3. The summed E-state index contributed by atoms with van der Waals surface area (Å²) in [4.78, 5) is 4.29. The zero-order valence-corrected chi connectivity index (χ0v) is 17.9. The summed E-state index contributed by atoms with van der Waals surface area (Å²) in [6, 6.07) is 12.0. The van der Waals surface area contributed by atoms with Gasteiger partial charge >= 0.3 is 0 Å². The van der Waals surface area contributed by atoms with Gasteiger partial charge in [0, 0.05) is 32.8 Å². The Kier molecular flexibility index (Phi) is 7.88. The van der Waals surface area contributed by atoms with Crippen LogP contribution in [0.1, 0.15) is 24.7 Å². The maximum atomic E-state index is 5.65. The van der Waals surface area contributed by atoms with Crippen LogP contribution in [-0.4, -0.2) is 54.4 Å². The Hall–Kier alpha value is -3.29. The maximum absolute atomic E-state index is 5.65. The van der Waals surface area contributed by atoms with Crippen molar-refractivity contribution in [2.45, 2.75) is 26.2 Å². The van der Waals surface area contributed by atoms with E-state index in [1.54, 1.807) is 14.2 Å². The molecule has 2 N–H and O–H groups in total. The van der Waals surface area contributed by atoms with Crippen LogP contribution in [0.4, 0.5) is 0 Å². The van der Waals surface area contributed by atoms with Crippen molar-refractivity contribution in [2.75, 3.05) is 33.9 Å². The SMILES string of the molecule is CCOc1cc(CCCNC(=NC)NCCc2nnc3ccccn23)ccc1OC. The first-order valence-electron chi connectivity index (χ1n) is 10.3. The average Bonchev–Trinajstić information content (AvgIpc) is 3.19. The Labute approximate surface area is 177 Å². The van der Waals surface area contributed by atoms with E-state index in [9.17, 15) is 0 Å². The average molecular weight is 411 g/mol. The van der Waals surface area contributed by atoms with Crippen molar-refractivity contribution < 1.29 is 9.47 Å². The number of fused-ring (bicyclic) bond motifs is 1. The number of hydrogen-bond donors (Lipinski definition) is 2. The molecular formula is C22H30N6O2. The Morgan fingerprint density at radius 3 is 2.73 bits per heavy atom. The molecule has 8 heteroatoms. The van der Waals surface area contributed by atoms with E-state index in [-0.39, 0.29) is 0 Å². The number of methoxy groups -OCH3 is 1. The van der Waals surface area contributed by atoms with Crippen molar-refractivity contribution in [3.05, 3.63) is 54.0 Å². The molecule has 0 spiro atoms. The third kappa shape index (κ3) is 5.62. The highest BCUT2D eigenvalue weighted by atomic mass is 16.5. The fraction of sp³-hybridized carbons (Fsp3) is 0.409. The van der Waals surface area contributed by atoms with Crippen LogP contribution in [0.25, 0.3) is 5.65 Å². The van der Waals surface area contributed by atoms with Crippen LogP contribution in [0, 0.1) is 0 Å². The van der Waals surface area contributed by atoms with Crippen LogP contribution in [-0.2, 0) is 12.8 Å². The molecule has 30 heavy (non-hydrogen) atoms. The monoisotopic (exact) mass is 410 g/mol. The van der Waals surface area contributed by atoms with E-state index in [1.807, 2.05) is 41.8 Å². The first-order valence-corrected chi connectivity index (χ1v) is 10.3. The molecule has 0 amide bonds. The minimum atomic E-state index is 0.619. The lowest BCUT2D eigenvalue weighted by Crippen LogP contribution is -2.39. The minimum absolute atomic E-state index is 0.619. The molecule has 3 rings (SSSR count). The number of guanidine groups is 1. The van der Waals surface area contributed by atoms with Gasteiger partial charge < -0.3 is 20.1 Å². The molecule has 2 heterocycles. The number of pyridine rings is 1. The topological polar surface area (TPSA) is 85.1 Å². The van der Waals surface area contributed by atoms with Crippen LogP contribution < -0.4 is 20.1 Å². The molecule has 2 aromatic heterocycles. The van der Waals surface area contributed by atoms with Gasteiger partial charge in [0.1, 0.15) is 5.82 Å². The Morgan fingerprint density at radius 1 is 1.07 bits per heavy atom. The van der Waals surface area contributed by atoms with Gasteiger partial charge in [-0.1, -0.05) is 12.1 Å². The fourth-order valence-corrected chi connectivity index (χ4v) is 3.22. The Bertz CT molecular complexity index is 969. The Morgan fingerprint density at radius 2 is 1.93 bits per heavy atom. The number of benzene rings is 1. The zero-order valence-electron chi connectivity index (χ0n) is 17.9. The normalized spacial score (nSPS) is 11.5. The summed E-state index contributed by atoms with van der Waals surface area (Å²) in [7, 11) is 3.44. The second-order valence-corrected chi connectivity index (χ2v) is 6.74. The molecule has 8 nitrogen and oxygen atoms in total. The number of nitrogens with one attached hydrogen (secondary N) is 2. The second kappa shape index (κ2) is 11.0. The van der Waals surface area contributed by atoms with Gasteiger partial charge in [-0.2, -0.15) is 0 Å². The Balaban J connectivity index is 1.41. The number of aliphatic imine (C=N–C) groups is 1. The molecule has 3 aromatic rings. The number of nitrogens with zero attached hydrogens (tertiary/aromatic N) is 4. The summed E-state index contributed by atoms with van der Waals surface area (Å²) >= 11 is 0. The van der Waals surface area contributed by atoms with Crippen molar-refractivity contribution in [1.29, 1.82) is 0 Å². The first-order chi connectivity index (χ1) is 14.7. The number of hydrogen-bond acceptors (Lipinski definition) is 5. The highest BCUT2D eigenvalue weighted by Crippen LogP contribution is 2.28. The molecule has 0 atom stereocenters. The van der Waals surface area contributed by atoms with Gasteiger partial charge in [0.05, 0.1) is 13.7 Å². The predicted octanol–water partition coefficient (Wildman–Crippen LogP) is 2.48. The third-order valence-corrected chi connectivity index (χ3v) is 4.71. The largest absolute Gasteiger partial charge is 0.493 e. The van der Waals surface area contributed by atoms with Crippen molar-refractivity contribution in [3.8, 4) is 11.5 Å². The fourth-order valence-electron chi connectivity index (χ4n) is 3.22. The van der Waals surface area contributed by atoms with Gasteiger partial charge in [-0.3, -0.25) is 9.39 Å². The van der Waals surface area contributed by atoms with Gasteiger partial charge in [-0.25, -0.2) is 0 Å². The summed E-state index contributed by atoms with van der Waals surface area (Å²) < 4.78 is 13.0. The number of rotatable bonds is 10. The lowest BCUT2D eigenvalue weighted by molar-refractivity contribution is 0.310. The molecule has 0 unspecified atom stereocenters. The summed E-state index contributed by atoms with van der Waals surface area (Å²) in [5, 5.41) is 15.1. The van der Waals surface area contributed by atoms with E-state index >= 15 is 0 Å². The summed E-state index contributed by atoms with van der Waals surface area (Å²) in [6.07, 6.45) is 4.67. The van der Waals surface area contributed by atoms with Crippen molar-refractivity contribution in [3.63, 3.8) is 0 Å². The standard InChI is InChI=1S/C22H30N6O2/c1-4-30-19-16-17(10-11-18(19)29-3)8-7-13-24-22(23-2)25-14-12-21-27-26-20-9-5-6-15-28(20)21/h5-6,9-11,15-16H,4,7-8,12-14H2,1-3H3,(H2,23,24,25). The van der Waals surface area contributed by atoms with Crippen molar-refractivity contribution in [1.82, 2.24) is 25.2 Å².